The number of amides is 2. The number of fused-ring (bicyclic) bond motifs is 12. The second-order valence-corrected chi connectivity index (χ2v) is 21.5. The Kier molecular flexibility index (Phi) is 18.1. The number of pyridine rings is 2. The molecule has 9 rings (SSSR count). The summed E-state index contributed by atoms with van der Waals surface area (Å²) in [6, 6.07) is 21.1. The molecule has 30 heteroatoms. The number of carbonyl (C=O) groups excluding carboxylic acids is 2. The van der Waals surface area contributed by atoms with Gasteiger partial charge in [-0.1, -0.05) is 78.9 Å². The van der Waals surface area contributed by atoms with Crippen LogP contribution in [0.25, 0.3) is 23.2 Å². The van der Waals surface area contributed by atoms with E-state index in [-0.39, 0.29) is 37.2 Å². The van der Waals surface area contributed by atoms with E-state index in [1.165, 1.54) is 78.0 Å². The first kappa shape index (κ1) is 64.2. The van der Waals surface area contributed by atoms with Gasteiger partial charge in [-0.25, -0.2) is 19.6 Å². The maximum atomic E-state index is 15.1. The summed E-state index contributed by atoms with van der Waals surface area (Å²) in [6.07, 6.45) is -21.8. The SMILES string of the molecule is CC(C)(C)OC(=O)Nc1cc(C(F)(F)F)c2nc1-c1nnc(o1)C(O)(C(F)(F)F)CCCCc1ccccc1O2.CC(C)(C)OC(=O)Nc1cc(C(F)(F)F)c2nc1-c1nnc(o1)C(OCc1ccccc1)(C(F)(F)F)CC=CCc1ccccc1O2. The highest BCUT2D eigenvalue weighted by Crippen LogP contribution is 2.49. The fraction of sp³-hybridized carbons (Fsp3) is 0.368. The highest BCUT2D eigenvalue weighted by Gasteiger charge is 2.61. The van der Waals surface area contributed by atoms with Crippen LogP contribution in [0.1, 0.15) is 107 Å². The van der Waals surface area contributed by atoms with Gasteiger partial charge in [0.1, 0.15) is 33.8 Å². The van der Waals surface area contributed by atoms with E-state index in [9.17, 15) is 54.2 Å². The van der Waals surface area contributed by atoms with Gasteiger partial charge in [0, 0.05) is 6.42 Å². The maximum Gasteiger partial charge on any atom is 0.426 e. The number of aliphatic hydroxyl groups is 1. The molecule has 3 aromatic carbocycles. The van der Waals surface area contributed by atoms with Crippen molar-refractivity contribution in [3.8, 4) is 46.4 Å². The van der Waals surface area contributed by atoms with E-state index in [1.54, 1.807) is 54.6 Å². The molecule has 4 aromatic heterocycles. The minimum absolute atomic E-state index is 0.0198. The van der Waals surface area contributed by atoms with E-state index >= 15 is 13.2 Å². The Hall–Kier alpha value is -8.80. The number of halogens is 12. The maximum absolute atomic E-state index is 15.1. The summed E-state index contributed by atoms with van der Waals surface area (Å²) in [4.78, 5) is 33.0. The molecule has 8 bridgehead atoms. The molecule has 0 saturated carbocycles. The lowest BCUT2D eigenvalue weighted by Crippen LogP contribution is -2.45. The Morgan fingerprint density at radius 2 is 1.06 bits per heavy atom. The number of nitrogens with one attached hydrogen (secondary N) is 2. The van der Waals surface area contributed by atoms with Crippen LogP contribution in [0.2, 0.25) is 0 Å². The zero-order chi connectivity index (χ0) is 63.5. The predicted octanol–water partition coefficient (Wildman–Crippen LogP) is 15.5. The second kappa shape index (κ2) is 24.5. The van der Waals surface area contributed by atoms with Gasteiger partial charge < -0.3 is 37.6 Å². The van der Waals surface area contributed by atoms with Crippen LogP contribution in [0.15, 0.2) is 112 Å². The molecule has 0 aliphatic carbocycles. The molecule has 2 atom stereocenters. The largest absolute Gasteiger partial charge is 0.444 e. The first-order chi connectivity index (χ1) is 40.5. The minimum atomic E-state index is -5.23. The van der Waals surface area contributed by atoms with Crippen LogP contribution >= 0.6 is 0 Å². The Morgan fingerprint density at radius 1 is 0.586 bits per heavy atom. The second-order valence-electron chi connectivity index (χ2n) is 21.5. The van der Waals surface area contributed by atoms with Crippen molar-refractivity contribution < 1.29 is 99.9 Å². The number of alkyl halides is 12. The van der Waals surface area contributed by atoms with Crippen molar-refractivity contribution in [2.24, 2.45) is 0 Å². The fourth-order valence-corrected chi connectivity index (χ4v) is 8.49. The number of allylic oxidation sites excluding steroid dienone is 1. The molecular formula is C57H52F12N8O10. The van der Waals surface area contributed by atoms with Crippen molar-refractivity contribution >= 4 is 23.6 Å². The summed E-state index contributed by atoms with van der Waals surface area (Å²) >= 11 is 0. The van der Waals surface area contributed by atoms with E-state index in [1.807, 2.05) is 0 Å². The Labute approximate surface area is 486 Å². The zero-order valence-electron chi connectivity index (χ0n) is 46.6. The lowest BCUT2D eigenvalue weighted by molar-refractivity contribution is -0.295. The molecule has 2 amide bonds. The monoisotopic (exact) mass is 1240 g/mol. The van der Waals surface area contributed by atoms with Gasteiger partial charge in [0.2, 0.25) is 23.0 Å². The molecule has 464 valence electrons. The molecule has 18 nitrogen and oxygen atoms in total. The Balaban J connectivity index is 0.000000229. The van der Waals surface area contributed by atoms with Gasteiger partial charge in [-0.3, -0.25) is 10.6 Å². The molecule has 2 aliphatic heterocycles. The van der Waals surface area contributed by atoms with Gasteiger partial charge in [0.15, 0.2) is 11.4 Å². The van der Waals surface area contributed by atoms with Gasteiger partial charge in [-0.2, -0.15) is 52.7 Å². The smallest absolute Gasteiger partial charge is 0.426 e. The minimum Gasteiger partial charge on any atom is -0.444 e. The number of anilines is 2. The van der Waals surface area contributed by atoms with Crippen LogP contribution in [-0.4, -0.2) is 71.2 Å². The van der Waals surface area contributed by atoms with Crippen molar-refractivity contribution in [2.45, 2.75) is 134 Å². The predicted molar refractivity (Wildman–Crippen MR) is 282 cm³/mol. The van der Waals surface area contributed by atoms with Crippen LogP contribution < -0.4 is 20.1 Å². The van der Waals surface area contributed by atoms with Crippen molar-refractivity contribution in [3.63, 3.8) is 0 Å². The standard InChI is InChI=1S/C32H28F6N4O5.C25H24F6N4O5/c1-29(2,3)47-28(43)39-22-17-21(31(33,34)35)25-40-24(22)26-41-42-27(46-26)30(32(36,37)38,44-18-19-11-5-4-6-12-19)16-10-9-14-20-13-7-8-15-23(20)45-25;1-22(2,3)40-21(36)32-15-12-14(24(26,27)28)18-33-17(15)19-34-35-20(39-19)23(37,25(29,30)31)11-7-6-9-13-8-4-5-10-16(13)38-18/h4-13,15,17H,14,16,18H2,1-3H3,(H,39,43);4-5,8,10,12,37H,6-7,9,11H2,1-3H3,(H,32,36). The number of ether oxygens (including phenoxy) is 5. The van der Waals surface area contributed by atoms with Crippen LogP contribution in [-0.2, 0) is 57.2 Å². The topological polar surface area (TPSA) is 228 Å². The quantitative estimate of drug-likeness (QED) is 0.107. The molecule has 7 aromatic rings. The van der Waals surface area contributed by atoms with Crippen molar-refractivity contribution in [1.82, 2.24) is 30.4 Å². The normalized spacial score (nSPS) is 17.5. The summed E-state index contributed by atoms with van der Waals surface area (Å²) in [5.74, 6) is -5.85. The van der Waals surface area contributed by atoms with Crippen molar-refractivity contribution in [2.75, 3.05) is 10.6 Å². The number of nitrogens with zero attached hydrogens (tertiary/aromatic N) is 6. The number of rotatable bonds is 5. The molecule has 0 saturated heterocycles. The average Bonchev–Trinajstić information content (AvgIpc) is 1.79. The molecule has 0 radical (unpaired) electrons. The van der Waals surface area contributed by atoms with Crippen LogP contribution in [0.4, 0.5) is 73.6 Å². The number of aryl methyl sites for hydroxylation is 1. The summed E-state index contributed by atoms with van der Waals surface area (Å²) in [6.45, 7) is 8.59. The summed E-state index contributed by atoms with van der Waals surface area (Å²) < 4.78 is 211. The molecule has 6 heterocycles. The molecule has 87 heavy (non-hydrogen) atoms. The molecule has 2 unspecified atom stereocenters. The zero-order valence-corrected chi connectivity index (χ0v) is 46.6. The third-order valence-electron chi connectivity index (χ3n) is 12.6. The highest BCUT2D eigenvalue weighted by molar-refractivity contribution is 5.90. The third kappa shape index (κ3) is 15.2. The Morgan fingerprint density at radius 3 is 1.55 bits per heavy atom. The van der Waals surface area contributed by atoms with Crippen molar-refractivity contribution in [1.29, 1.82) is 0 Å². The first-order valence-electron chi connectivity index (χ1n) is 26.2. The molecule has 0 fully saturated rings. The number of hydrogen-bond acceptors (Lipinski definition) is 16. The number of benzene rings is 3. The fourth-order valence-electron chi connectivity index (χ4n) is 8.49. The van der Waals surface area contributed by atoms with Gasteiger partial charge in [0.05, 0.1) is 18.0 Å². The van der Waals surface area contributed by atoms with E-state index < -0.39 is 148 Å². The van der Waals surface area contributed by atoms with Crippen LogP contribution in [0.5, 0.6) is 23.3 Å². The first-order valence-corrected chi connectivity index (χ1v) is 26.2. The third-order valence-corrected chi connectivity index (χ3v) is 12.6. The summed E-state index contributed by atoms with van der Waals surface area (Å²) in [5, 5.41) is 29.1. The molecule has 0 spiro atoms. The van der Waals surface area contributed by atoms with E-state index in [4.69, 9.17) is 32.5 Å². The lowest BCUT2D eigenvalue weighted by Gasteiger charge is -2.31. The number of carbonyl (C=O) groups is 2. The Bertz CT molecular complexity index is 3630. The number of hydrogen-bond donors (Lipinski definition) is 3. The van der Waals surface area contributed by atoms with Gasteiger partial charge in [-0.05, 0) is 115 Å². The molecular weight excluding hydrogens is 1180 g/mol. The van der Waals surface area contributed by atoms with E-state index in [0.717, 1.165) is 0 Å². The summed E-state index contributed by atoms with van der Waals surface area (Å²) in [7, 11) is 0. The number of aromatic nitrogens is 6. The van der Waals surface area contributed by atoms with Gasteiger partial charge >= 0.3 is 36.9 Å². The number of para-hydroxylation sites is 2. The molecule has 3 N–H and O–H groups in total. The van der Waals surface area contributed by atoms with Gasteiger partial charge in [-0.15, -0.1) is 20.4 Å². The van der Waals surface area contributed by atoms with Crippen molar-refractivity contribution in [3.05, 3.63) is 143 Å². The van der Waals surface area contributed by atoms with Gasteiger partial charge in [0.25, 0.3) is 23.6 Å². The van der Waals surface area contributed by atoms with Crippen LogP contribution in [0.3, 0.4) is 0 Å². The lowest BCUT2D eigenvalue weighted by atomic mass is 9.94. The summed E-state index contributed by atoms with van der Waals surface area (Å²) in [5.41, 5.74) is -13.0. The van der Waals surface area contributed by atoms with Crippen LogP contribution in [0, 0.1) is 0 Å². The van der Waals surface area contributed by atoms with E-state index in [0.29, 0.717) is 28.8 Å². The highest BCUT2D eigenvalue weighted by atomic mass is 19.4. The average molecular weight is 1240 g/mol. The molecule has 2 aliphatic rings. The van der Waals surface area contributed by atoms with E-state index in [2.05, 4.69) is 41.0 Å².